The second kappa shape index (κ2) is 7.13. The van der Waals surface area contributed by atoms with Gasteiger partial charge in [-0.15, -0.1) is 0 Å². The first-order valence-electron chi connectivity index (χ1n) is 6.81. The largest absolute Gasteiger partial charge is 0.492 e. The van der Waals surface area contributed by atoms with E-state index in [1.807, 2.05) is 19.2 Å². The molecule has 0 aromatic heterocycles. The number of rotatable bonds is 6. The van der Waals surface area contributed by atoms with Crippen LogP contribution in [0.25, 0.3) is 0 Å². The summed E-state index contributed by atoms with van der Waals surface area (Å²) in [6, 6.07) is 9.38. The summed E-state index contributed by atoms with van der Waals surface area (Å²) in [4.78, 5) is 2.45. The van der Waals surface area contributed by atoms with Crippen LogP contribution >= 0.6 is 0 Å². The Bertz CT molecular complexity index is 424. The molecule has 1 aliphatic heterocycles. The highest BCUT2D eigenvalue weighted by molar-refractivity contribution is 5.34. The lowest BCUT2D eigenvalue weighted by atomic mass is 10.1. The average molecular weight is 259 g/mol. The smallest absolute Gasteiger partial charge is 0.119 e. The van der Waals surface area contributed by atoms with Crippen molar-refractivity contribution in [1.29, 1.82) is 5.26 Å². The van der Waals surface area contributed by atoms with Gasteiger partial charge in [-0.2, -0.15) is 5.26 Å². The summed E-state index contributed by atoms with van der Waals surface area (Å²) >= 11 is 0. The van der Waals surface area contributed by atoms with Crippen molar-refractivity contribution in [3.63, 3.8) is 0 Å². The van der Waals surface area contributed by atoms with Crippen molar-refractivity contribution >= 4 is 0 Å². The first-order chi connectivity index (χ1) is 9.31. The summed E-state index contributed by atoms with van der Waals surface area (Å²) in [5, 5.41) is 12.0. The monoisotopic (exact) mass is 259 g/mol. The number of ether oxygens (including phenoxy) is 1. The first-order valence-corrected chi connectivity index (χ1v) is 6.81. The van der Waals surface area contributed by atoms with Gasteiger partial charge in [0.15, 0.2) is 0 Å². The molecule has 0 saturated carbocycles. The molecule has 4 nitrogen and oxygen atoms in total. The maximum atomic E-state index is 8.71. The van der Waals surface area contributed by atoms with Gasteiger partial charge in [0, 0.05) is 13.1 Å². The lowest BCUT2D eigenvalue weighted by molar-refractivity contribution is 0.232. The number of nitrogens with zero attached hydrogens (tertiary/aromatic N) is 2. The van der Waals surface area contributed by atoms with Crippen LogP contribution in [0.3, 0.4) is 0 Å². The van der Waals surface area contributed by atoms with Gasteiger partial charge in [0.25, 0.3) is 0 Å². The molecule has 1 aromatic carbocycles. The molecule has 102 valence electrons. The number of nitriles is 1. The minimum atomic E-state index is 0.668. The van der Waals surface area contributed by atoms with Crippen molar-refractivity contribution < 1.29 is 4.74 Å². The van der Waals surface area contributed by atoms with E-state index in [0.717, 1.165) is 31.3 Å². The van der Waals surface area contributed by atoms with Gasteiger partial charge in [-0.05, 0) is 56.7 Å². The van der Waals surface area contributed by atoms with Crippen LogP contribution in [-0.4, -0.2) is 44.7 Å². The van der Waals surface area contributed by atoms with Crippen LogP contribution in [-0.2, 0) is 0 Å². The molecule has 1 atom stereocenters. The summed E-state index contributed by atoms with van der Waals surface area (Å²) in [6.45, 7) is 5.12. The second-order valence-electron chi connectivity index (χ2n) is 5.00. The van der Waals surface area contributed by atoms with E-state index in [4.69, 9.17) is 10.00 Å². The maximum absolute atomic E-state index is 8.71. The number of benzene rings is 1. The Kier molecular flexibility index (Phi) is 5.20. The predicted molar refractivity (Wildman–Crippen MR) is 75.1 cm³/mol. The van der Waals surface area contributed by atoms with Crippen LogP contribution in [0.15, 0.2) is 24.3 Å². The van der Waals surface area contributed by atoms with Crippen molar-refractivity contribution in [2.24, 2.45) is 5.92 Å². The fourth-order valence-electron chi connectivity index (χ4n) is 2.49. The highest BCUT2D eigenvalue weighted by Crippen LogP contribution is 2.15. The van der Waals surface area contributed by atoms with E-state index in [0.29, 0.717) is 12.2 Å². The molecule has 2 rings (SSSR count). The highest BCUT2D eigenvalue weighted by atomic mass is 16.5. The maximum Gasteiger partial charge on any atom is 0.119 e. The minimum Gasteiger partial charge on any atom is -0.492 e. The van der Waals surface area contributed by atoms with E-state index < -0.39 is 0 Å². The molecule has 1 aromatic rings. The Morgan fingerprint density at radius 3 is 2.89 bits per heavy atom. The summed E-state index contributed by atoms with van der Waals surface area (Å²) < 4.78 is 5.70. The van der Waals surface area contributed by atoms with Crippen molar-refractivity contribution in [2.45, 2.75) is 6.42 Å². The molecule has 1 fully saturated rings. The Hall–Kier alpha value is -1.57. The zero-order valence-corrected chi connectivity index (χ0v) is 11.4. The van der Waals surface area contributed by atoms with E-state index in [2.05, 4.69) is 16.3 Å². The molecule has 1 unspecified atom stereocenters. The molecule has 1 N–H and O–H groups in total. The van der Waals surface area contributed by atoms with Crippen LogP contribution in [0.1, 0.15) is 12.0 Å². The first kappa shape index (κ1) is 13.9. The van der Waals surface area contributed by atoms with E-state index in [-0.39, 0.29) is 0 Å². The molecule has 0 radical (unpaired) electrons. The van der Waals surface area contributed by atoms with Gasteiger partial charge in [0.2, 0.25) is 0 Å². The third kappa shape index (κ3) is 4.23. The Morgan fingerprint density at radius 2 is 2.21 bits per heavy atom. The molecule has 0 spiro atoms. The van der Waals surface area contributed by atoms with Gasteiger partial charge in [-0.25, -0.2) is 0 Å². The summed E-state index contributed by atoms with van der Waals surface area (Å²) in [5.74, 6) is 1.62. The molecule has 0 bridgehead atoms. The number of hydrogen-bond acceptors (Lipinski definition) is 4. The third-order valence-corrected chi connectivity index (χ3v) is 3.52. The van der Waals surface area contributed by atoms with Crippen molar-refractivity contribution in [1.82, 2.24) is 10.2 Å². The standard InChI is InChI=1S/C15H21N3O/c1-17-11-14-6-7-18(12-14)8-9-19-15-4-2-13(10-16)3-5-15/h2-5,14,17H,6-9,11-12H2,1H3. The molecule has 1 heterocycles. The van der Waals surface area contributed by atoms with Gasteiger partial charge in [-0.3, -0.25) is 4.90 Å². The SMILES string of the molecule is CNCC1CCN(CCOc2ccc(C#N)cc2)C1. The molecule has 1 aliphatic rings. The Balaban J connectivity index is 1.68. The quantitative estimate of drug-likeness (QED) is 0.840. The third-order valence-electron chi connectivity index (χ3n) is 3.52. The molecular formula is C15H21N3O. The lowest BCUT2D eigenvalue weighted by Gasteiger charge is -2.16. The van der Waals surface area contributed by atoms with Gasteiger partial charge < -0.3 is 10.1 Å². The topological polar surface area (TPSA) is 48.3 Å². The van der Waals surface area contributed by atoms with Gasteiger partial charge in [-0.1, -0.05) is 0 Å². The predicted octanol–water partition coefficient (Wildman–Crippen LogP) is 1.48. The molecule has 0 amide bonds. The minimum absolute atomic E-state index is 0.668. The van der Waals surface area contributed by atoms with Crippen LogP contribution in [0, 0.1) is 17.2 Å². The second-order valence-corrected chi connectivity index (χ2v) is 5.00. The molecule has 1 saturated heterocycles. The van der Waals surface area contributed by atoms with E-state index in [1.54, 1.807) is 12.1 Å². The molecular weight excluding hydrogens is 238 g/mol. The molecule has 0 aliphatic carbocycles. The normalized spacial score (nSPS) is 19.3. The summed E-state index contributed by atoms with van der Waals surface area (Å²) in [7, 11) is 2.01. The van der Waals surface area contributed by atoms with Crippen LogP contribution < -0.4 is 10.1 Å². The van der Waals surface area contributed by atoms with E-state index >= 15 is 0 Å². The van der Waals surface area contributed by atoms with Crippen LogP contribution in [0.5, 0.6) is 5.75 Å². The fraction of sp³-hybridized carbons (Fsp3) is 0.533. The van der Waals surface area contributed by atoms with Gasteiger partial charge >= 0.3 is 0 Å². The zero-order valence-electron chi connectivity index (χ0n) is 11.4. The van der Waals surface area contributed by atoms with Crippen molar-refractivity contribution in [3.8, 4) is 11.8 Å². The van der Waals surface area contributed by atoms with Crippen molar-refractivity contribution in [3.05, 3.63) is 29.8 Å². The molecule has 4 heteroatoms. The Labute approximate surface area is 115 Å². The average Bonchev–Trinajstić information content (AvgIpc) is 2.88. The fourth-order valence-corrected chi connectivity index (χ4v) is 2.49. The molecule has 19 heavy (non-hydrogen) atoms. The van der Waals surface area contributed by atoms with Crippen LogP contribution in [0.4, 0.5) is 0 Å². The van der Waals surface area contributed by atoms with Gasteiger partial charge in [0.1, 0.15) is 12.4 Å². The van der Waals surface area contributed by atoms with E-state index in [9.17, 15) is 0 Å². The lowest BCUT2D eigenvalue weighted by Crippen LogP contribution is -2.28. The summed E-state index contributed by atoms with van der Waals surface area (Å²) in [6.07, 6.45) is 1.28. The number of likely N-dealkylation sites (tertiary alicyclic amines) is 1. The highest BCUT2D eigenvalue weighted by Gasteiger charge is 2.21. The van der Waals surface area contributed by atoms with Crippen molar-refractivity contribution in [2.75, 3.05) is 39.8 Å². The summed E-state index contributed by atoms with van der Waals surface area (Å²) in [5.41, 5.74) is 0.668. The Morgan fingerprint density at radius 1 is 1.42 bits per heavy atom. The number of nitrogens with one attached hydrogen (secondary N) is 1. The van der Waals surface area contributed by atoms with Crippen LogP contribution in [0.2, 0.25) is 0 Å². The number of hydrogen-bond donors (Lipinski definition) is 1. The zero-order chi connectivity index (χ0) is 13.5. The van der Waals surface area contributed by atoms with E-state index in [1.165, 1.54) is 13.0 Å². The van der Waals surface area contributed by atoms with Gasteiger partial charge in [0.05, 0.1) is 11.6 Å².